The molecule has 2 heterocycles. The number of carbonyl (C=O) groups is 1. The van der Waals surface area contributed by atoms with Crippen LogP contribution in [0.4, 0.5) is 4.39 Å². The second-order valence-electron chi connectivity index (χ2n) is 9.79. The first-order chi connectivity index (χ1) is 16.6. The monoisotopic (exact) mass is 453 g/mol. The van der Waals surface area contributed by atoms with E-state index in [2.05, 4.69) is 58.9 Å². The second kappa shape index (κ2) is 8.39. The van der Waals surface area contributed by atoms with E-state index in [0.717, 1.165) is 78.0 Å². The Labute approximate surface area is 199 Å². The quantitative estimate of drug-likeness (QED) is 0.367. The predicted octanol–water partition coefficient (Wildman–Crippen LogP) is 6.08. The number of para-hydroxylation sites is 1. The maximum atomic E-state index is 13.3. The van der Waals surface area contributed by atoms with Gasteiger partial charge in [-0.25, -0.2) is 9.37 Å². The lowest BCUT2D eigenvalue weighted by molar-refractivity contribution is -0.131. The van der Waals surface area contributed by atoms with Gasteiger partial charge in [-0.2, -0.15) is 0 Å². The van der Waals surface area contributed by atoms with Crippen LogP contribution in [0.5, 0.6) is 0 Å². The van der Waals surface area contributed by atoms with Crippen molar-refractivity contribution in [3.63, 3.8) is 0 Å². The van der Waals surface area contributed by atoms with Gasteiger partial charge < -0.3 is 9.47 Å². The van der Waals surface area contributed by atoms with Gasteiger partial charge in [-0.1, -0.05) is 48.5 Å². The average Bonchev–Trinajstić information content (AvgIpc) is 3.49. The molecular formula is C29H28FN3O. The van der Waals surface area contributed by atoms with Crippen LogP contribution in [0.25, 0.3) is 33.5 Å². The summed E-state index contributed by atoms with van der Waals surface area (Å²) in [5.41, 5.74) is 6.44. The van der Waals surface area contributed by atoms with Crippen molar-refractivity contribution in [1.29, 1.82) is 0 Å². The van der Waals surface area contributed by atoms with Crippen LogP contribution in [0.1, 0.15) is 24.8 Å². The van der Waals surface area contributed by atoms with Crippen LogP contribution in [-0.4, -0.2) is 33.4 Å². The average molecular weight is 454 g/mol. The zero-order valence-electron chi connectivity index (χ0n) is 19.4. The van der Waals surface area contributed by atoms with Crippen LogP contribution >= 0.6 is 0 Å². The minimum absolute atomic E-state index is 0.228. The van der Waals surface area contributed by atoms with E-state index >= 15 is 0 Å². The Morgan fingerprint density at radius 2 is 1.62 bits per heavy atom. The summed E-state index contributed by atoms with van der Waals surface area (Å²) in [5.74, 6) is 1.80. The van der Waals surface area contributed by atoms with Gasteiger partial charge in [-0.15, -0.1) is 0 Å². The standard InChI is InChI=1S/C29H28FN3O/c1-19-3-2-4-26-27(19)31-28(23-7-5-21(6-8-23)22-11-13-25(30)14-12-22)33(26)18-20-15-16-32(17-20)29(34)24-9-10-24/h2-8,11-14,20,24H,9-10,15-18H2,1H3. The van der Waals surface area contributed by atoms with Crippen molar-refractivity contribution in [2.24, 2.45) is 11.8 Å². The smallest absolute Gasteiger partial charge is 0.225 e. The number of likely N-dealkylation sites (tertiary alicyclic amines) is 1. The first-order valence-electron chi connectivity index (χ1n) is 12.2. The highest BCUT2D eigenvalue weighted by Crippen LogP contribution is 2.34. The summed E-state index contributed by atoms with van der Waals surface area (Å²) in [6.07, 6.45) is 3.15. The molecule has 1 aliphatic heterocycles. The van der Waals surface area contributed by atoms with E-state index in [9.17, 15) is 9.18 Å². The molecule has 1 saturated heterocycles. The SMILES string of the molecule is Cc1cccc2c1nc(-c1ccc(-c3ccc(F)cc3)cc1)n2CC1CCN(C(=O)C2CC2)C1. The highest BCUT2D eigenvalue weighted by atomic mass is 19.1. The Hall–Kier alpha value is -3.47. The molecule has 3 aromatic carbocycles. The van der Waals surface area contributed by atoms with E-state index in [1.807, 2.05) is 0 Å². The van der Waals surface area contributed by atoms with Gasteiger partial charge in [0.2, 0.25) is 5.91 Å². The number of fused-ring (bicyclic) bond motifs is 1. The van der Waals surface area contributed by atoms with Gasteiger partial charge in [0.1, 0.15) is 11.6 Å². The number of imidazole rings is 1. The molecule has 5 heteroatoms. The summed E-state index contributed by atoms with van der Waals surface area (Å²) in [6, 6.07) is 21.3. The van der Waals surface area contributed by atoms with Gasteiger partial charge in [-0.05, 0) is 67.0 Å². The number of halogens is 1. The zero-order chi connectivity index (χ0) is 23.2. The summed E-state index contributed by atoms with van der Waals surface area (Å²) in [4.78, 5) is 19.7. The van der Waals surface area contributed by atoms with Crippen LogP contribution in [0, 0.1) is 24.6 Å². The summed E-state index contributed by atoms with van der Waals surface area (Å²) in [7, 11) is 0. The molecule has 2 aliphatic rings. The summed E-state index contributed by atoms with van der Waals surface area (Å²) in [5, 5.41) is 0. The number of aromatic nitrogens is 2. The summed E-state index contributed by atoms with van der Waals surface area (Å²) >= 11 is 0. The Morgan fingerprint density at radius 1 is 0.941 bits per heavy atom. The molecule has 2 fully saturated rings. The number of hydrogen-bond donors (Lipinski definition) is 0. The molecule has 1 aliphatic carbocycles. The highest BCUT2D eigenvalue weighted by Gasteiger charge is 2.36. The lowest BCUT2D eigenvalue weighted by Gasteiger charge is -2.18. The third-order valence-corrected chi connectivity index (χ3v) is 7.27. The molecule has 1 atom stereocenters. The maximum absolute atomic E-state index is 13.3. The fraction of sp³-hybridized carbons (Fsp3) is 0.310. The number of nitrogens with zero attached hydrogens (tertiary/aromatic N) is 3. The molecule has 0 spiro atoms. The van der Waals surface area contributed by atoms with Gasteiger partial charge in [0.05, 0.1) is 11.0 Å². The number of rotatable bonds is 5. The number of carbonyl (C=O) groups excluding carboxylic acids is 1. The van der Waals surface area contributed by atoms with E-state index < -0.39 is 0 Å². The summed E-state index contributed by atoms with van der Waals surface area (Å²) in [6.45, 7) is 4.66. The fourth-order valence-corrected chi connectivity index (χ4v) is 5.17. The topological polar surface area (TPSA) is 38.1 Å². The van der Waals surface area contributed by atoms with Gasteiger partial charge in [-0.3, -0.25) is 4.79 Å². The Bertz CT molecular complexity index is 1350. The van der Waals surface area contributed by atoms with Crippen LogP contribution in [0.3, 0.4) is 0 Å². The van der Waals surface area contributed by atoms with Gasteiger partial charge in [0.25, 0.3) is 0 Å². The first kappa shape index (κ1) is 21.1. The van der Waals surface area contributed by atoms with Crippen molar-refractivity contribution in [1.82, 2.24) is 14.5 Å². The zero-order valence-corrected chi connectivity index (χ0v) is 19.4. The van der Waals surface area contributed by atoms with E-state index in [1.54, 1.807) is 12.1 Å². The van der Waals surface area contributed by atoms with Crippen LogP contribution in [0.2, 0.25) is 0 Å². The molecule has 1 aromatic heterocycles. The van der Waals surface area contributed by atoms with Crippen LogP contribution < -0.4 is 0 Å². The fourth-order valence-electron chi connectivity index (χ4n) is 5.17. The first-order valence-corrected chi connectivity index (χ1v) is 12.2. The predicted molar refractivity (Wildman–Crippen MR) is 133 cm³/mol. The van der Waals surface area contributed by atoms with Crippen molar-refractivity contribution in [2.45, 2.75) is 32.7 Å². The lowest BCUT2D eigenvalue weighted by atomic mass is 10.0. The highest BCUT2D eigenvalue weighted by molar-refractivity contribution is 5.84. The van der Waals surface area contributed by atoms with Crippen molar-refractivity contribution >= 4 is 16.9 Å². The minimum atomic E-state index is -0.228. The molecule has 0 radical (unpaired) electrons. The van der Waals surface area contributed by atoms with Crippen LogP contribution in [-0.2, 0) is 11.3 Å². The minimum Gasteiger partial charge on any atom is -0.342 e. The molecule has 1 unspecified atom stereocenters. The van der Waals surface area contributed by atoms with E-state index in [1.165, 1.54) is 12.1 Å². The van der Waals surface area contributed by atoms with E-state index in [-0.39, 0.29) is 11.7 Å². The summed E-state index contributed by atoms with van der Waals surface area (Å²) < 4.78 is 15.6. The third kappa shape index (κ3) is 3.89. The molecule has 1 amide bonds. The number of aryl methyl sites for hydroxylation is 1. The maximum Gasteiger partial charge on any atom is 0.225 e. The molecule has 0 N–H and O–H groups in total. The molecule has 6 rings (SSSR count). The van der Waals surface area contributed by atoms with Gasteiger partial charge >= 0.3 is 0 Å². The molecule has 4 aromatic rings. The van der Waals surface area contributed by atoms with Crippen molar-refractivity contribution in [2.75, 3.05) is 13.1 Å². The van der Waals surface area contributed by atoms with Crippen molar-refractivity contribution in [3.05, 3.63) is 78.1 Å². The van der Waals surface area contributed by atoms with Gasteiger partial charge in [0, 0.05) is 31.1 Å². The molecule has 34 heavy (non-hydrogen) atoms. The van der Waals surface area contributed by atoms with Crippen molar-refractivity contribution < 1.29 is 9.18 Å². The normalized spacial score (nSPS) is 18.1. The third-order valence-electron chi connectivity index (χ3n) is 7.27. The van der Waals surface area contributed by atoms with E-state index in [4.69, 9.17) is 4.98 Å². The molecular weight excluding hydrogens is 425 g/mol. The van der Waals surface area contributed by atoms with Crippen molar-refractivity contribution in [3.8, 4) is 22.5 Å². The largest absolute Gasteiger partial charge is 0.342 e. The lowest BCUT2D eigenvalue weighted by Crippen LogP contribution is -2.30. The Balaban J connectivity index is 1.32. The Kier molecular flexibility index (Phi) is 5.20. The molecule has 4 nitrogen and oxygen atoms in total. The number of hydrogen-bond acceptors (Lipinski definition) is 2. The number of benzene rings is 3. The molecule has 172 valence electrons. The van der Waals surface area contributed by atoms with E-state index in [0.29, 0.717) is 11.8 Å². The second-order valence-corrected chi connectivity index (χ2v) is 9.79. The van der Waals surface area contributed by atoms with Crippen LogP contribution in [0.15, 0.2) is 66.7 Å². The Morgan fingerprint density at radius 3 is 2.32 bits per heavy atom. The van der Waals surface area contributed by atoms with Gasteiger partial charge in [0.15, 0.2) is 0 Å². The molecule has 1 saturated carbocycles. The molecule has 0 bridgehead atoms. The number of amides is 1.